The summed E-state index contributed by atoms with van der Waals surface area (Å²) in [5.41, 5.74) is 5.56. The van der Waals surface area contributed by atoms with Crippen molar-refractivity contribution in [3.8, 4) is 0 Å². The minimum absolute atomic E-state index is 0.0822. The lowest BCUT2D eigenvalue weighted by Gasteiger charge is -2.23. The fourth-order valence-corrected chi connectivity index (χ4v) is 2.08. The van der Waals surface area contributed by atoms with Crippen LogP contribution in [0.25, 0.3) is 0 Å². The summed E-state index contributed by atoms with van der Waals surface area (Å²) in [6.07, 6.45) is 1.58. The van der Waals surface area contributed by atoms with Crippen LogP contribution >= 0.6 is 11.3 Å². The molecule has 3 N–H and O–H groups in total. The molecule has 0 spiro atoms. The maximum absolute atomic E-state index is 11.9. The largest absolute Gasteiger partial charge is 0.389 e. The van der Waals surface area contributed by atoms with Crippen LogP contribution in [0.5, 0.6) is 0 Å². The van der Waals surface area contributed by atoms with Gasteiger partial charge in [-0.05, 0) is 20.8 Å². The number of carbonyl (C=O) groups is 1. The fourth-order valence-electron chi connectivity index (χ4n) is 1.41. The summed E-state index contributed by atoms with van der Waals surface area (Å²) in [6.45, 7) is 7.21. The first kappa shape index (κ1) is 12.8. The lowest BCUT2D eigenvalue weighted by Crippen LogP contribution is -2.41. The SMILES string of the molecule is CCN(CC)C(=O)C(C)Nc1ncc(N)s1. The first-order valence-corrected chi connectivity index (χ1v) is 6.16. The zero-order valence-electron chi connectivity index (χ0n) is 9.86. The number of hydrogen-bond donors (Lipinski definition) is 2. The number of anilines is 2. The van der Waals surface area contributed by atoms with E-state index in [1.807, 2.05) is 20.8 Å². The zero-order chi connectivity index (χ0) is 12.1. The maximum atomic E-state index is 11.9. The maximum Gasteiger partial charge on any atom is 0.244 e. The number of amides is 1. The second-order valence-corrected chi connectivity index (χ2v) is 4.51. The number of rotatable bonds is 5. The van der Waals surface area contributed by atoms with Crippen molar-refractivity contribution >= 4 is 27.4 Å². The van der Waals surface area contributed by atoms with E-state index in [0.717, 1.165) is 13.1 Å². The van der Waals surface area contributed by atoms with Crippen LogP contribution in [0.15, 0.2) is 6.20 Å². The van der Waals surface area contributed by atoms with Crippen molar-refractivity contribution in [2.75, 3.05) is 24.1 Å². The van der Waals surface area contributed by atoms with Crippen molar-refractivity contribution < 1.29 is 4.79 Å². The first-order valence-electron chi connectivity index (χ1n) is 5.35. The number of nitrogens with two attached hydrogens (primary N) is 1. The highest BCUT2D eigenvalue weighted by atomic mass is 32.1. The van der Waals surface area contributed by atoms with Crippen molar-refractivity contribution in [2.24, 2.45) is 0 Å². The predicted octanol–water partition coefficient (Wildman–Crippen LogP) is 1.39. The van der Waals surface area contributed by atoms with E-state index in [0.29, 0.717) is 10.1 Å². The van der Waals surface area contributed by atoms with Crippen molar-refractivity contribution in [1.29, 1.82) is 0 Å². The van der Waals surface area contributed by atoms with Gasteiger partial charge in [0.2, 0.25) is 5.91 Å². The van der Waals surface area contributed by atoms with E-state index in [4.69, 9.17) is 5.73 Å². The number of hydrogen-bond acceptors (Lipinski definition) is 5. The van der Waals surface area contributed by atoms with Gasteiger partial charge in [0.1, 0.15) is 11.0 Å². The monoisotopic (exact) mass is 242 g/mol. The number of likely N-dealkylation sites (N-methyl/N-ethyl adjacent to an activating group) is 1. The molecule has 0 bridgehead atoms. The molecule has 1 atom stereocenters. The molecule has 0 saturated heterocycles. The molecule has 0 radical (unpaired) electrons. The molecule has 1 amide bonds. The molecule has 90 valence electrons. The number of aromatic nitrogens is 1. The Morgan fingerprint density at radius 1 is 1.62 bits per heavy atom. The van der Waals surface area contributed by atoms with E-state index in [1.165, 1.54) is 11.3 Å². The highest BCUT2D eigenvalue weighted by Gasteiger charge is 2.18. The van der Waals surface area contributed by atoms with E-state index >= 15 is 0 Å². The third-order valence-corrected chi connectivity index (χ3v) is 3.07. The Hall–Kier alpha value is -1.30. The summed E-state index contributed by atoms with van der Waals surface area (Å²) in [7, 11) is 0. The van der Waals surface area contributed by atoms with Crippen LogP contribution < -0.4 is 11.1 Å². The standard InChI is InChI=1S/C10H18N4OS/c1-4-14(5-2)9(15)7(3)13-10-12-6-8(11)16-10/h6-7H,4-5,11H2,1-3H3,(H,12,13). The molecule has 1 heterocycles. The second kappa shape index (κ2) is 5.69. The molecule has 16 heavy (non-hydrogen) atoms. The molecule has 1 aromatic heterocycles. The molecular weight excluding hydrogens is 224 g/mol. The fraction of sp³-hybridized carbons (Fsp3) is 0.600. The molecule has 5 nitrogen and oxygen atoms in total. The van der Waals surface area contributed by atoms with Crippen LogP contribution in [-0.2, 0) is 4.79 Å². The third-order valence-electron chi connectivity index (χ3n) is 2.31. The smallest absolute Gasteiger partial charge is 0.244 e. The minimum atomic E-state index is -0.273. The Bertz CT molecular complexity index is 348. The molecule has 1 unspecified atom stereocenters. The average molecular weight is 242 g/mol. The number of nitrogens with zero attached hydrogens (tertiary/aromatic N) is 2. The minimum Gasteiger partial charge on any atom is -0.389 e. The number of carbonyl (C=O) groups excluding carboxylic acids is 1. The summed E-state index contributed by atoms with van der Waals surface area (Å²) in [5.74, 6) is 0.0822. The topological polar surface area (TPSA) is 71.2 Å². The molecule has 0 aliphatic heterocycles. The Labute approximate surface area is 99.7 Å². The predicted molar refractivity (Wildman–Crippen MR) is 67.5 cm³/mol. The lowest BCUT2D eigenvalue weighted by molar-refractivity contribution is -0.131. The highest BCUT2D eigenvalue weighted by Crippen LogP contribution is 2.20. The molecule has 1 aromatic rings. The summed E-state index contributed by atoms with van der Waals surface area (Å²) in [5, 5.41) is 4.38. The molecule has 1 rings (SSSR count). The van der Waals surface area contributed by atoms with E-state index in [9.17, 15) is 4.79 Å². The molecule has 0 aliphatic carbocycles. The summed E-state index contributed by atoms with van der Waals surface area (Å²) in [4.78, 5) is 17.8. The van der Waals surface area contributed by atoms with Gasteiger partial charge in [-0.1, -0.05) is 11.3 Å². The first-order chi connectivity index (χ1) is 7.58. The van der Waals surface area contributed by atoms with Gasteiger partial charge in [-0.3, -0.25) is 4.79 Å². The van der Waals surface area contributed by atoms with Gasteiger partial charge in [0.05, 0.1) is 6.20 Å². The van der Waals surface area contributed by atoms with Crippen LogP contribution in [0.2, 0.25) is 0 Å². The Morgan fingerprint density at radius 2 is 2.25 bits per heavy atom. The van der Waals surface area contributed by atoms with Crippen LogP contribution in [0, 0.1) is 0 Å². The third kappa shape index (κ3) is 3.10. The molecule has 0 saturated carbocycles. The van der Waals surface area contributed by atoms with Gasteiger partial charge in [0, 0.05) is 13.1 Å². The normalized spacial score (nSPS) is 12.2. The van der Waals surface area contributed by atoms with Gasteiger partial charge in [0.15, 0.2) is 5.13 Å². The Balaban J connectivity index is 2.57. The van der Waals surface area contributed by atoms with Crippen LogP contribution in [0.1, 0.15) is 20.8 Å². The summed E-state index contributed by atoms with van der Waals surface area (Å²) < 4.78 is 0. The molecule has 0 fully saturated rings. The van der Waals surface area contributed by atoms with Gasteiger partial charge in [-0.25, -0.2) is 4.98 Å². The summed E-state index contributed by atoms with van der Waals surface area (Å²) >= 11 is 1.35. The number of nitrogens with one attached hydrogen (secondary N) is 1. The summed E-state index contributed by atoms with van der Waals surface area (Å²) in [6, 6.07) is -0.273. The van der Waals surface area contributed by atoms with E-state index in [-0.39, 0.29) is 11.9 Å². The number of nitrogen functional groups attached to an aromatic ring is 1. The molecule has 0 aliphatic rings. The lowest BCUT2D eigenvalue weighted by atomic mass is 10.3. The van der Waals surface area contributed by atoms with Crippen LogP contribution in [-0.4, -0.2) is 34.9 Å². The second-order valence-electron chi connectivity index (χ2n) is 3.44. The van der Waals surface area contributed by atoms with Gasteiger partial charge < -0.3 is 16.0 Å². The van der Waals surface area contributed by atoms with Crippen LogP contribution in [0.3, 0.4) is 0 Å². The van der Waals surface area contributed by atoms with E-state index in [1.54, 1.807) is 11.1 Å². The molecular formula is C10H18N4OS. The van der Waals surface area contributed by atoms with E-state index in [2.05, 4.69) is 10.3 Å². The van der Waals surface area contributed by atoms with Crippen molar-refractivity contribution in [3.63, 3.8) is 0 Å². The quantitative estimate of drug-likeness (QED) is 0.818. The van der Waals surface area contributed by atoms with Crippen molar-refractivity contribution in [3.05, 3.63) is 6.20 Å². The Morgan fingerprint density at radius 3 is 2.69 bits per heavy atom. The average Bonchev–Trinajstić information content (AvgIpc) is 2.65. The zero-order valence-corrected chi connectivity index (χ0v) is 10.7. The Kier molecular flexibility index (Phi) is 4.54. The molecule has 0 aromatic carbocycles. The highest BCUT2D eigenvalue weighted by molar-refractivity contribution is 7.19. The number of thiazole rings is 1. The van der Waals surface area contributed by atoms with Crippen molar-refractivity contribution in [1.82, 2.24) is 9.88 Å². The van der Waals surface area contributed by atoms with Crippen LogP contribution in [0.4, 0.5) is 10.1 Å². The van der Waals surface area contributed by atoms with Crippen molar-refractivity contribution in [2.45, 2.75) is 26.8 Å². The van der Waals surface area contributed by atoms with Gasteiger partial charge in [-0.15, -0.1) is 0 Å². The van der Waals surface area contributed by atoms with Gasteiger partial charge >= 0.3 is 0 Å². The van der Waals surface area contributed by atoms with E-state index < -0.39 is 0 Å². The molecule has 6 heteroatoms. The van der Waals surface area contributed by atoms with Gasteiger partial charge in [0.25, 0.3) is 0 Å². The van der Waals surface area contributed by atoms with Gasteiger partial charge in [-0.2, -0.15) is 0 Å².